The van der Waals surface area contributed by atoms with Gasteiger partial charge in [0.05, 0.1) is 0 Å². The minimum absolute atomic E-state index is 0.0839. The lowest BCUT2D eigenvalue weighted by Gasteiger charge is -2.13. The van der Waals surface area contributed by atoms with Crippen LogP contribution in [0, 0.1) is 0 Å². The number of aryl methyl sites for hydroxylation is 1. The van der Waals surface area contributed by atoms with Gasteiger partial charge in [0.1, 0.15) is 5.69 Å². The van der Waals surface area contributed by atoms with Crippen LogP contribution in [-0.2, 0) is 12.6 Å². The maximum atomic E-state index is 12.6. The Balaban J connectivity index is 2.41. The second kappa shape index (κ2) is 3.02. The van der Waals surface area contributed by atoms with Gasteiger partial charge in [-0.05, 0) is 19.9 Å². The Kier molecular flexibility index (Phi) is 2.06. The molecule has 0 amide bonds. The summed E-state index contributed by atoms with van der Waals surface area (Å²) in [4.78, 5) is 0. The number of alkyl halides is 2. The molecule has 0 unspecified atom stereocenters. The van der Waals surface area contributed by atoms with Crippen LogP contribution in [0.3, 0.4) is 0 Å². The SMILES string of the molecule is CNC1(c2cn(C)nc2C(F)F)CC1. The van der Waals surface area contributed by atoms with Gasteiger partial charge in [0.15, 0.2) is 0 Å². The lowest BCUT2D eigenvalue weighted by atomic mass is 10.1. The molecule has 0 aromatic carbocycles. The highest BCUT2D eigenvalue weighted by atomic mass is 19.3. The van der Waals surface area contributed by atoms with E-state index in [1.165, 1.54) is 4.68 Å². The van der Waals surface area contributed by atoms with Crippen molar-refractivity contribution in [1.82, 2.24) is 15.1 Å². The van der Waals surface area contributed by atoms with Crippen LogP contribution < -0.4 is 5.32 Å². The standard InChI is InChI=1S/C9H13F2N3/c1-12-9(3-4-9)6-5-14(2)13-7(6)8(10)11/h5,8,12H,3-4H2,1-2H3. The van der Waals surface area contributed by atoms with E-state index in [1.54, 1.807) is 20.3 Å². The van der Waals surface area contributed by atoms with E-state index in [-0.39, 0.29) is 11.2 Å². The summed E-state index contributed by atoms with van der Waals surface area (Å²) in [5, 5.41) is 6.88. The number of hydrogen-bond acceptors (Lipinski definition) is 2. The van der Waals surface area contributed by atoms with E-state index in [0.29, 0.717) is 5.56 Å². The zero-order chi connectivity index (χ0) is 10.3. The molecule has 1 N–H and O–H groups in total. The first kappa shape index (κ1) is 9.58. The first-order valence-corrected chi connectivity index (χ1v) is 4.60. The highest BCUT2D eigenvalue weighted by Crippen LogP contribution is 2.47. The smallest absolute Gasteiger partial charge is 0.282 e. The molecule has 1 aliphatic carbocycles. The second-order valence-corrected chi connectivity index (χ2v) is 3.73. The molecular formula is C9H13F2N3. The molecule has 1 saturated carbocycles. The van der Waals surface area contributed by atoms with E-state index >= 15 is 0 Å². The Morgan fingerprint density at radius 1 is 1.57 bits per heavy atom. The van der Waals surface area contributed by atoms with E-state index in [2.05, 4.69) is 10.4 Å². The lowest BCUT2D eigenvalue weighted by molar-refractivity contribution is 0.143. The van der Waals surface area contributed by atoms with Gasteiger partial charge in [-0.3, -0.25) is 4.68 Å². The monoisotopic (exact) mass is 201 g/mol. The number of hydrogen-bond donors (Lipinski definition) is 1. The van der Waals surface area contributed by atoms with Crippen LogP contribution in [0.5, 0.6) is 0 Å². The van der Waals surface area contributed by atoms with E-state index < -0.39 is 6.43 Å². The van der Waals surface area contributed by atoms with Gasteiger partial charge in [0.2, 0.25) is 0 Å². The maximum absolute atomic E-state index is 12.6. The average molecular weight is 201 g/mol. The first-order valence-electron chi connectivity index (χ1n) is 4.60. The molecule has 0 bridgehead atoms. The third-order valence-corrected chi connectivity index (χ3v) is 2.81. The van der Waals surface area contributed by atoms with Gasteiger partial charge < -0.3 is 5.32 Å². The first-order chi connectivity index (χ1) is 6.59. The summed E-state index contributed by atoms with van der Waals surface area (Å²) in [6, 6.07) is 0. The predicted molar refractivity (Wildman–Crippen MR) is 48.1 cm³/mol. The molecule has 1 aliphatic rings. The number of halogens is 2. The van der Waals surface area contributed by atoms with Crippen molar-refractivity contribution in [2.24, 2.45) is 7.05 Å². The average Bonchev–Trinajstić information content (AvgIpc) is 2.84. The van der Waals surface area contributed by atoms with Gasteiger partial charge in [0.25, 0.3) is 6.43 Å². The predicted octanol–water partition coefficient (Wildman–Crippen LogP) is 1.57. The Hall–Kier alpha value is -0.970. The largest absolute Gasteiger partial charge is 0.310 e. The Bertz CT molecular complexity index is 342. The van der Waals surface area contributed by atoms with Crippen LogP contribution in [0.25, 0.3) is 0 Å². The van der Waals surface area contributed by atoms with Crippen LogP contribution in [0.15, 0.2) is 6.20 Å². The molecule has 14 heavy (non-hydrogen) atoms. The quantitative estimate of drug-likeness (QED) is 0.804. The maximum Gasteiger partial charge on any atom is 0.282 e. The van der Waals surface area contributed by atoms with Crippen molar-refractivity contribution in [3.63, 3.8) is 0 Å². The van der Waals surface area contributed by atoms with Crippen LogP contribution >= 0.6 is 0 Å². The molecule has 78 valence electrons. The molecular weight excluding hydrogens is 188 g/mol. The van der Waals surface area contributed by atoms with E-state index in [4.69, 9.17) is 0 Å². The van der Waals surface area contributed by atoms with E-state index in [1.807, 2.05) is 0 Å². The highest BCUT2D eigenvalue weighted by molar-refractivity contribution is 5.32. The number of nitrogens with one attached hydrogen (secondary N) is 1. The molecule has 1 fully saturated rings. The van der Waals surface area contributed by atoms with Crippen molar-refractivity contribution >= 4 is 0 Å². The summed E-state index contributed by atoms with van der Waals surface area (Å²) in [6.45, 7) is 0. The number of rotatable bonds is 3. The van der Waals surface area contributed by atoms with Gasteiger partial charge in [0, 0.05) is 24.3 Å². The van der Waals surface area contributed by atoms with Crippen molar-refractivity contribution in [3.8, 4) is 0 Å². The zero-order valence-corrected chi connectivity index (χ0v) is 8.22. The van der Waals surface area contributed by atoms with E-state index in [9.17, 15) is 8.78 Å². The number of nitrogens with zero attached hydrogens (tertiary/aromatic N) is 2. The fraction of sp³-hybridized carbons (Fsp3) is 0.667. The van der Waals surface area contributed by atoms with Crippen LogP contribution in [0.2, 0.25) is 0 Å². The molecule has 0 aliphatic heterocycles. The summed E-state index contributed by atoms with van der Waals surface area (Å²) >= 11 is 0. The fourth-order valence-electron chi connectivity index (χ4n) is 1.81. The molecule has 0 radical (unpaired) electrons. The Morgan fingerprint density at radius 2 is 2.21 bits per heavy atom. The zero-order valence-electron chi connectivity index (χ0n) is 8.22. The second-order valence-electron chi connectivity index (χ2n) is 3.73. The Morgan fingerprint density at radius 3 is 2.64 bits per heavy atom. The third-order valence-electron chi connectivity index (χ3n) is 2.81. The van der Waals surface area contributed by atoms with Gasteiger partial charge in [-0.15, -0.1) is 0 Å². The van der Waals surface area contributed by atoms with Crippen molar-refractivity contribution < 1.29 is 8.78 Å². The summed E-state index contributed by atoms with van der Waals surface area (Å²) in [7, 11) is 3.47. The molecule has 0 saturated heterocycles. The molecule has 1 aromatic heterocycles. The van der Waals surface area contributed by atoms with Crippen LogP contribution in [0.1, 0.15) is 30.5 Å². The molecule has 1 aromatic rings. The van der Waals surface area contributed by atoms with Crippen molar-refractivity contribution in [2.45, 2.75) is 24.8 Å². The molecule has 5 heteroatoms. The highest BCUT2D eigenvalue weighted by Gasteiger charge is 2.46. The Labute approximate surface area is 81.1 Å². The fourth-order valence-corrected chi connectivity index (χ4v) is 1.81. The normalized spacial score (nSPS) is 18.9. The van der Waals surface area contributed by atoms with E-state index in [0.717, 1.165) is 12.8 Å². The van der Waals surface area contributed by atoms with Gasteiger partial charge in [-0.1, -0.05) is 0 Å². The molecule has 0 spiro atoms. The summed E-state index contributed by atoms with van der Waals surface area (Å²) in [5.74, 6) is 0. The van der Waals surface area contributed by atoms with Gasteiger partial charge in [-0.25, -0.2) is 8.78 Å². The molecule has 3 nitrogen and oxygen atoms in total. The van der Waals surface area contributed by atoms with Gasteiger partial charge in [-0.2, -0.15) is 5.10 Å². The minimum Gasteiger partial charge on any atom is -0.310 e. The topological polar surface area (TPSA) is 29.9 Å². The summed E-state index contributed by atoms with van der Waals surface area (Å²) < 4.78 is 26.7. The van der Waals surface area contributed by atoms with Crippen molar-refractivity contribution in [3.05, 3.63) is 17.5 Å². The molecule has 1 heterocycles. The van der Waals surface area contributed by atoms with Crippen LogP contribution in [0.4, 0.5) is 8.78 Å². The van der Waals surface area contributed by atoms with Crippen LogP contribution in [-0.4, -0.2) is 16.8 Å². The van der Waals surface area contributed by atoms with Gasteiger partial charge >= 0.3 is 0 Å². The third kappa shape index (κ3) is 1.32. The van der Waals surface area contributed by atoms with Crippen molar-refractivity contribution in [1.29, 1.82) is 0 Å². The lowest BCUT2D eigenvalue weighted by Crippen LogP contribution is -2.25. The minimum atomic E-state index is -2.49. The summed E-state index contributed by atoms with van der Waals surface area (Å²) in [5.41, 5.74) is 0.330. The summed E-state index contributed by atoms with van der Waals surface area (Å²) in [6.07, 6.45) is 1.02. The number of aromatic nitrogens is 2. The molecule has 0 atom stereocenters. The molecule has 2 rings (SSSR count). The van der Waals surface area contributed by atoms with Crippen molar-refractivity contribution in [2.75, 3.05) is 7.05 Å².